The lowest BCUT2D eigenvalue weighted by atomic mass is 10.0. The van der Waals surface area contributed by atoms with Crippen LogP contribution in [0.25, 0.3) is 0 Å². The van der Waals surface area contributed by atoms with Gasteiger partial charge in [0.05, 0.1) is 17.9 Å². The fourth-order valence-corrected chi connectivity index (χ4v) is 4.82. The number of rotatable bonds is 3. The molecule has 2 aromatic heterocycles. The predicted octanol–water partition coefficient (Wildman–Crippen LogP) is 2.43. The van der Waals surface area contributed by atoms with Crippen LogP contribution in [-0.2, 0) is 31.2 Å². The van der Waals surface area contributed by atoms with Gasteiger partial charge in [-0.2, -0.15) is 10.2 Å². The largest absolute Gasteiger partial charge is 0.325 e. The average molecular weight is 457 g/mol. The van der Waals surface area contributed by atoms with Crippen molar-refractivity contribution in [3.8, 4) is 0 Å². The van der Waals surface area contributed by atoms with Crippen LogP contribution in [0.2, 0.25) is 5.15 Å². The summed E-state index contributed by atoms with van der Waals surface area (Å²) in [6, 6.07) is 5.79. The maximum absolute atomic E-state index is 14.1. The van der Waals surface area contributed by atoms with E-state index in [2.05, 4.69) is 10.2 Å². The Balaban J connectivity index is 1.42. The summed E-state index contributed by atoms with van der Waals surface area (Å²) in [5.41, 5.74) is 2.92. The van der Waals surface area contributed by atoms with Gasteiger partial charge in [-0.15, -0.1) is 0 Å². The number of benzene rings is 1. The molecule has 2 amide bonds. The fourth-order valence-electron chi connectivity index (χ4n) is 4.54. The zero-order valence-electron chi connectivity index (χ0n) is 17.8. The highest BCUT2D eigenvalue weighted by molar-refractivity contribution is 6.31. The van der Waals surface area contributed by atoms with Crippen LogP contribution in [0, 0.1) is 5.82 Å². The number of carbonyl (C=O) groups excluding carboxylic acids is 2. The molecule has 2 aliphatic heterocycles. The summed E-state index contributed by atoms with van der Waals surface area (Å²) >= 11 is 6.50. The molecular formula is C22H22ClFN6O2. The number of amides is 2. The van der Waals surface area contributed by atoms with E-state index in [9.17, 15) is 14.0 Å². The molecule has 1 atom stereocenters. The minimum Gasteiger partial charge on any atom is -0.325 e. The van der Waals surface area contributed by atoms with E-state index in [0.717, 1.165) is 11.4 Å². The van der Waals surface area contributed by atoms with Crippen LogP contribution in [0.15, 0.2) is 30.5 Å². The number of carbonyl (C=O) groups is 2. The minimum absolute atomic E-state index is 0.123. The van der Waals surface area contributed by atoms with E-state index in [-0.39, 0.29) is 29.9 Å². The molecule has 1 aromatic carbocycles. The minimum atomic E-state index is -0.601. The SMILES string of the molecule is CN1C(=O)C(N2CCc3c(nn(Cc4ccccc4F)c3Cl)C2=O)CCc2nn(C)cc21. The number of hydrogen-bond donors (Lipinski definition) is 0. The van der Waals surface area contributed by atoms with E-state index in [0.29, 0.717) is 42.1 Å². The quantitative estimate of drug-likeness (QED) is 0.606. The van der Waals surface area contributed by atoms with Crippen molar-refractivity contribution in [3.63, 3.8) is 0 Å². The predicted molar refractivity (Wildman–Crippen MR) is 116 cm³/mol. The Labute approximate surface area is 189 Å². The van der Waals surface area contributed by atoms with E-state index in [1.54, 1.807) is 39.7 Å². The molecule has 10 heteroatoms. The number of nitrogens with zero attached hydrogens (tertiary/aromatic N) is 6. The molecule has 4 heterocycles. The van der Waals surface area contributed by atoms with Gasteiger partial charge in [-0.05, 0) is 25.3 Å². The van der Waals surface area contributed by atoms with Crippen molar-refractivity contribution in [3.05, 3.63) is 63.9 Å². The van der Waals surface area contributed by atoms with Crippen LogP contribution in [0.3, 0.4) is 0 Å². The number of likely N-dealkylation sites (N-methyl/N-ethyl adjacent to an activating group) is 1. The van der Waals surface area contributed by atoms with Crippen molar-refractivity contribution in [2.45, 2.75) is 31.8 Å². The van der Waals surface area contributed by atoms with Gasteiger partial charge >= 0.3 is 0 Å². The second-order valence-corrected chi connectivity index (χ2v) is 8.56. The smallest absolute Gasteiger partial charge is 0.275 e. The van der Waals surface area contributed by atoms with Gasteiger partial charge in [0.1, 0.15) is 17.0 Å². The summed E-state index contributed by atoms with van der Waals surface area (Å²) in [6.07, 6.45) is 3.38. The number of anilines is 1. The topological polar surface area (TPSA) is 76.3 Å². The van der Waals surface area contributed by atoms with Crippen LogP contribution in [0.5, 0.6) is 0 Å². The zero-order chi connectivity index (χ0) is 22.6. The molecule has 0 saturated heterocycles. The van der Waals surface area contributed by atoms with Crippen molar-refractivity contribution in [2.75, 3.05) is 18.5 Å². The van der Waals surface area contributed by atoms with Gasteiger partial charge in [0, 0.05) is 38.0 Å². The third kappa shape index (κ3) is 3.28. The van der Waals surface area contributed by atoms with Crippen LogP contribution >= 0.6 is 11.6 Å². The molecule has 0 saturated carbocycles. The summed E-state index contributed by atoms with van der Waals surface area (Å²) in [7, 11) is 3.53. The molecule has 0 aliphatic carbocycles. The van der Waals surface area contributed by atoms with Crippen molar-refractivity contribution >= 4 is 29.1 Å². The lowest BCUT2D eigenvalue weighted by Crippen LogP contribution is -2.52. The summed E-state index contributed by atoms with van der Waals surface area (Å²) in [5.74, 6) is -0.830. The van der Waals surface area contributed by atoms with E-state index in [1.807, 2.05) is 13.2 Å². The molecule has 0 bridgehead atoms. The van der Waals surface area contributed by atoms with E-state index in [1.165, 1.54) is 10.7 Å². The number of hydrogen-bond acceptors (Lipinski definition) is 4. The van der Waals surface area contributed by atoms with E-state index >= 15 is 0 Å². The maximum Gasteiger partial charge on any atom is 0.275 e. The number of aryl methyl sites for hydroxylation is 2. The molecular weight excluding hydrogens is 435 g/mol. The first kappa shape index (κ1) is 20.7. The van der Waals surface area contributed by atoms with Gasteiger partial charge in [0.2, 0.25) is 5.91 Å². The van der Waals surface area contributed by atoms with Crippen molar-refractivity contribution in [1.29, 1.82) is 0 Å². The molecule has 3 aromatic rings. The molecule has 5 rings (SSSR count). The first-order valence-electron chi connectivity index (χ1n) is 10.4. The summed E-state index contributed by atoms with van der Waals surface area (Å²) in [6.45, 7) is 0.491. The van der Waals surface area contributed by atoms with Gasteiger partial charge in [0.25, 0.3) is 5.91 Å². The lowest BCUT2D eigenvalue weighted by molar-refractivity contribution is -0.122. The fraction of sp³-hybridized carbons (Fsp3) is 0.364. The standard InChI is InChI=1S/C22H22ClFN6O2/c1-27-12-18-16(25-27)7-8-17(21(31)28(18)2)29-10-9-14-19(22(29)32)26-30(20(14)23)11-13-5-3-4-6-15(13)24/h3-6,12,17H,7-11H2,1-2H3. The highest BCUT2D eigenvalue weighted by Crippen LogP contribution is 2.31. The van der Waals surface area contributed by atoms with E-state index < -0.39 is 6.04 Å². The Hall–Kier alpha value is -3.20. The first-order valence-corrected chi connectivity index (χ1v) is 10.8. The van der Waals surface area contributed by atoms with Crippen molar-refractivity contribution in [1.82, 2.24) is 24.5 Å². The Morgan fingerprint density at radius 3 is 2.72 bits per heavy atom. The summed E-state index contributed by atoms with van der Waals surface area (Å²) in [5, 5.41) is 9.19. The number of halogens is 2. The van der Waals surface area contributed by atoms with Crippen LogP contribution < -0.4 is 4.90 Å². The molecule has 0 N–H and O–H groups in total. The summed E-state index contributed by atoms with van der Waals surface area (Å²) < 4.78 is 17.2. The molecule has 32 heavy (non-hydrogen) atoms. The zero-order valence-corrected chi connectivity index (χ0v) is 18.5. The molecule has 0 fully saturated rings. The van der Waals surface area contributed by atoms with Crippen LogP contribution in [0.1, 0.15) is 33.7 Å². The van der Waals surface area contributed by atoms with Crippen LogP contribution in [0.4, 0.5) is 10.1 Å². The molecule has 1 unspecified atom stereocenters. The molecule has 0 radical (unpaired) electrons. The normalized spacial score (nSPS) is 18.6. The second kappa shape index (κ2) is 7.74. The Morgan fingerprint density at radius 1 is 1.16 bits per heavy atom. The molecule has 2 aliphatic rings. The van der Waals surface area contributed by atoms with Crippen molar-refractivity contribution < 1.29 is 14.0 Å². The van der Waals surface area contributed by atoms with Crippen molar-refractivity contribution in [2.24, 2.45) is 7.05 Å². The molecule has 0 spiro atoms. The van der Waals surface area contributed by atoms with Gasteiger partial charge in [-0.3, -0.25) is 14.3 Å². The number of fused-ring (bicyclic) bond motifs is 2. The first-order chi connectivity index (χ1) is 15.3. The molecule has 8 nitrogen and oxygen atoms in total. The maximum atomic E-state index is 14.1. The van der Waals surface area contributed by atoms with Gasteiger partial charge in [0.15, 0.2) is 5.69 Å². The monoisotopic (exact) mass is 456 g/mol. The van der Waals surface area contributed by atoms with E-state index in [4.69, 9.17) is 11.6 Å². The highest BCUT2D eigenvalue weighted by Gasteiger charge is 2.40. The van der Waals surface area contributed by atoms with Gasteiger partial charge < -0.3 is 9.80 Å². The highest BCUT2D eigenvalue weighted by atomic mass is 35.5. The Bertz CT molecular complexity index is 1240. The number of aromatic nitrogens is 4. The summed E-state index contributed by atoms with van der Waals surface area (Å²) in [4.78, 5) is 29.7. The Kier molecular flexibility index (Phi) is 5.00. The lowest BCUT2D eigenvalue weighted by Gasteiger charge is -2.33. The van der Waals surface area contributed by atoms with Gasteiger partial charge in [-0.25, -0.2) is 9.07 Å². The second-order valence-electron chi connectivity index (χ2n) is 8.20. The Morgan fingerprint density at radius 2 is 1.94 bits per heavy atom. The molecule has 166 valence electrons. The van der Waals surface area contributed by atoms with Crippen LogP contribution in [-0.4, -0.2) is 55.9 Å². The van der Waals surface area contributed by atoms with Gasteiger partial charge in [-0.1, -0.05) is 29.8 Å². The third-order valence-electron chi connectivity index (χ3n) is 6.22. The third-order valence-corrected chi connectivity index (χ3v) is 6.64. The average Bonchev–Trinajstić information content (AvgIpc) is 3.27.